The van der Waals surface area contributed by atoms with Gasteiger partial charge in [-0.1, -0.05) is 0 Å². The van der Waals surface area contributed by atoms with Crippen molar-refractivity contribution in [2.24, 2.45) is 0 Å². The number of sulfonamides is 1. The number of hydrogen-bond acceptors (Lipinski definition) is 5. The Hall–Kier alpha value is -1.12. The van der Waals surface area contributed by atoms with Gasteiger partial charge in [0.2, 0.25) is 10.0 Å². The summed E-state index contributed by atoms with van der Waals surface area (Å²) in [6.07, 6.45) is 0. The molecule has 0 saturated heterocycles. The smallest absolute Gasteiger partial charge is 0.321 e. The molecule has 0 aromatic heterocycles. The van der Waals surface area contributed by atoms with Crippen LogP contribution in [-0.2, 0) is 19.6 Å². The van der Waals surface area contributed by atoms with Gasteiger partial charge in [-0.2, -0.15) is 4.31 Å². The third-order valence-corrected chi connectivity index (χ3v) is 5.00. The highest BCUT2D eigenvalue weighted by Crippen LogP contribution is 2.26. The lowest BCUT2D eigenvalue weighted by atomic mass is 10.3. The van der Waals surface area contributed by atoms with Gasteiger partial charge in [-0.3, -0.25) is 4.79 Å². The van der Waals surface area contributed by atoms with Gasteiger partial charge in [-0.15, -0.1) is 0 Å². The van der Waals surface area contributed by atoms with Gasteiger partial charge < -0.3 is 10.5 Å². The molecule has 8 heteroatoms. The van der Waals surface area contributed by atoms with Crippen molar-refractivity contribution in [3.05, 3.63) is 22.7 Å². The molecule has 18 heavy (non-hydrogen) atoms. The minimum atomic E-state index is -3.76. The van der Waals surface area contributed by atoms with Crippen LogP contribution in [0.1, 0.15) is 0 Å². The number of hydrogen-bond donors (Lipinski definition) is 1. The van der Waals surface area contributed by atoms with E-state index in [1.165, 1.54) is 32.4 Å². The summed E-state index contributed by atoms with van der Waals surface area (Å²) < 4.78 is 30.0. The largest absolute Gasteiger partial charge is 0.468 e. The molecular formula is C10H13BrN2O4S. The number of nitrogen functional groups attached to an aromatic ring is 1. The van der Waals surface area contributed by atoms with Crippen molar-refractivity contribution in [1.82, 2.24) is 4.31 Å². The topological polar surface area (TPSA) is 89.7 Å². The average molecular weight is 337 g/mol. The maximum atomic E-state index is 12.2. The van der Waals surface area contributed by atoms with Crippen LogP contribution in [-0.4, -0.2) is 39.4 Å². The monoisotopic (exact) mass is 336 g/mol. The number of carbonyl (C=O) groups excluding carboxylic acids is 1. The summed E-state index contributed by atoms with van der Waals surface area (Å²) in [7, 11) is -1.26. The summed E-state index contributed by atoms with van der Waals surface area (Å²) in [4.78, 5) is 11.1. The van der Waals surface area contributed by atoms with Crippen molar-refractivity contribution in [2.75, 3.05) is 26.4 Å². The molecular weight excluding hydrogens is 324 g/mol. The Labute approximate surface area is 114 Å². The molecule has 0 heterocycles. The third-order valence-electron chi connectivity index (χ3n) is 2.22. The maximum Gasteiger partial charge on any atom is 0.321 e. The summed E-state index contributed by atoms with van der Waals surface area (Å²) in [6.45, 7) is -0.352. The predicted molar refractivity (Wildman–Crippen MR) is 70.4 cm³/mol. The first-order valence-electron chi connectivity index (χ1n) is 4.87. The molecule has 0 amide bonds. The van der Waals surface area contributed by atoms with Gasteiger partial charge >= 0.3 is 5.97 Å². The van der Waals surface area contributed by atoms with E-state index in [9.17, 15) is 13.2 Å². The van der Waals surface area contributed by atoms with Crippen molar-refractivity contribution in [3.8, 4) is 0 Å². The number of ether oxygens (including phenoxy) is 1. The molecule has 0 aliphatic heterocycles. The number of nitrogens with two attached hydrogens (primary N) is 1. The Morgan fingerprint density at radius 1 is 1.50 bits per heavy atom. The first kappa shape index (κ1) is 14.9. The Kier molecular flexibility index (Phi) is 4.71. The first-order valence-corrected chi connectivity index (χ1v) is 7.10. The van der Waals surface area contributed by atoms with Gasteiger partial charge in [0.25, 0.3) is 0 Å². The van der Waals surface area contributed by atoms with E-state index in [0.717, 1.165) is 4.31 Å². The van der Waals surface area contributed by atoms with E-state index in [2.05, 4.69) is 20.7 Å². The highest BCUT2D eigenvalue weighted by atomic mass is 79.9. The number of carbonyl (C=O) groups is 1. The van der Waals surface area contributed by atoms with Gasteiger partial charge in [0.05, 0.1) is 12.0 Å². The molecule has 0 radical (unpaired) electrons. The minimum absolute atomic E-state index is 0.0445. The Morgan fingerprint density at radius 3 is 2.61 bits per heavy atom. The normalized spacial score (nSPS) is 11.6. The van der Waals surface area contributed by atoms with Gasteiger partial charge in [-0.25, -0.2) is 8.42 Å². The molecule has 0 saturated carbocycles. The van der Waals surface area contributed by atoms with Gasteiger partial charge in [0.15, 0.2) is 0 Å². The second-order valence-corrected chi connectivity index (χ2v) is 6.39. The Morgan fingerprint density at radius 2 is 2.11 bits per heavy atom. The van der Waals surface area contributed by atoms with Crippen LogP contribution in [0.15, 0.2) is 27.6 Å². The minimum Gasteiger partial charge on any atom is -0.468 e. The zero-order valence-corrected chi connectivity index (χ0v) is 12.3. The molecule has 1 aromatic rings. The average Bonchev–Trinajstić information content (AvgIpc) is 2.28. The molecule has 0 aliphatic carbocycles. The highest BCUT2D eigenvalue weighted by molar-refractivity contribution is 9.10. The number of nitrogens with zero attached hydrogens (tertiary/aromatic N) is 1. The molecule has 100 valence electrons. The summed E-state index contributed by atoms with van der Waals surface area (Å²) in [6, 6.07) is 4.34. The Balaban J connectivity index is 3.09. The molecule has 1 rings (SSSR count). The first-order chi connectivity index (χ1) is 8.28. The summed E-state index contributed by atoms with van der Waals surface area (Å²) in [5.74, 6) is -0.632. The molecule has 0 bridgehead atoms. The van der Waals surface area contributed by atoms with Crippen LogP contribution in [0, 0.1) is 0 Å². The number of anilines is 1. The van der Waals surface area contributed by atoms with Crippen LogP contribution in [0.5, 0.6) is 0 Å². The molecule has 6 nitrogen and oxygen atoms in total. The lowest BCUT2D eigenvalue weighted by molar-refractivity contribution is -0.140. The standard InChI is InChI=1S/C10H13BrN2O4S/c1-13(6-10(14)17-2)18(15,16)9-4-3-7(12)5-8(9)11/h3-5H,6,12H2,1-2H3. The molecule has 0 atom stereocenters. The third kappa shape index (κ3) is 3.21. The van der Waals surface area contributed by atoms with Gasteiger partial charge in [0.1, 0.15) is 6.54 Å². The summed E-state index contributed by atoms with van der Waals surface area (Å²) >= 11 is 3.13. The number of halogens is 1. The van der Waals surface area contributed by atoms with E-state index in [-0.39, 0.29) is 11.4 Å². The number of likely N-dealkylation sites (N-methyl/N-ethyl adjacent to an activating group) is 1. The van der Waals surface area contributed by atoms with Crippen LogP contribution < -0.4 is 5.73 Å². The lowest BCUT2D eigenvalue weighted by Gasteiger charge is -2.16. The van der Waals surface area contributed by atoms with E-state index < -0.39 is 16.0 Å². The second-order valence-electron chi connectivity index (χ2n) is 3.53. The number of esters is 1. The Bertz CT molecular complexity index is 559. The van der Waals surface area contributed by atoms with Gasteiger partial charge in [0, 0.05) is 17.2 Å². The number of benzene rings is 1. The van der Waals surface area contributed by atoms with E-state index in [0.29, 0.717) is 10.2 Å². The zero-order valence-electron chi connectivity index (χ0n) is 9.88. The molecule has 0 fully saturated rings. The fraction of sp³-hybridized carbons (Fsp3) is 0.300. The van der Waals surface area contributed by atoms with E-state index in [1.54, 1.807) is 0 Å². The van der Waals surface area contributed by atoms with E-state index in [1.807, 2.05) is 0 Å². The molecule has 0 unspecified atom stereocenters. The van der Waals surface area contributed by atoms with Crippen molar-refractivity contribution in [2.45, 2.75) is 4.90 Å². The fourth-order valence-electron chi connectivity index (χ4n) is 1.23. The van der Waals surface area contributed by atoms with Crippen molar-refractivity contribution < 1.29 is 17.9 Å². The SMILES string of the molecule is COC(=O)CN(C)S(=O)(=O)c1ccc(N)cc1Br. The lowest BCUT2D eigenvalue weighted by Crippen LogP contribution is -2.32. The zero-order chi connectivity index (χ0) is 13.9. The fourth-order valence-corrected chi connectivity index (χ4v) is 3.39. The predicted octanol–water partition coefficient (Wildman–Crippen LogP) is 0.825. The van der Waals surface area contributed by atoms with Gasteiger partial charge in [-0.05, 0) is 34.1 Å². The molecule has 1 aromatic carbocycles. The quantitative estimate of drug-likeness (QED) is 0.649. The number of methoxy groups -OCH3 is 1. The van der Waals surface area contributed by atoms with E-state index in [4.69, 9.17) is 5.73 Å². The maximum absolute atomic E-state index is 12.2. The molecule has 0 aliphatic rings. The molecule has 0 spiro atoms. The van der Waals surface area contributed by atoms with E-state index >= 15 is 0 Å². The van der Waals surface area contributed by atoms with Crippen molar-refractivity contribution >= 4 is 37.6 Å². The van der Waals surface area contributed by atoms with Crippen LogP contribution >= 0.6 is 15.9 Å². The van der Waals surface area contributed by atoms with Crippen LogP contribution in [0.2, 0.25) is 0 Å². The summed E-state index contributed by atoms with van der Waals surface area (Å²) in [5.41, 5.74) is 5.98. The summed E-state index contributed by atoms with van der Waals surface area (Å²) in [5, 5.41) is 0. The second kappa shape index (κ2) is 5.68. The highest BCUT2D eigenvalue weighted by Gasteiger charge is 2.25. The molecule has 2 N–H and O–H groups in total. The van der Waals surface area contributed by atoms with Crippen molar-refractivity contribution in [1.29, 1.82) is 0 Å². The number of rotatable bonds is 4. The van der Waals surface area contributed by atoms with Crippen LogP contribution in [0.4, 0.5) is 5.69 Å². The van der Waals surface area contributed by atoms with Crippen LogP contribution in [0.3, 0.4) is 0 Å². The van der Waals surface area contributed by atoms with Crippen LogP contribution in [0.25, 0.3) is 0 Å². The van der Waals surface area contributed by atoms with Crippen molar-refractivity contribution in [3.63, 3.8) is 0 Å².